The minimum atomic E-state index is -0.441. The van der Waals surface area contributed by atoms with Crippen LogP contribution in [0.2, 0.25) is 0 Å². The summed E-state index contributed by atoms with van der Waals surface area (Å²) in [5, 5.41) is 9.00. The van der Waals surface area contributed by atoms with Crippen LogP contribution in [0, 0.1) is 0 Å². The molecular weight excluding hydrogens is 174 g/mol. The maximum atomic E-state index is 10.8. The number of aromatic amines is 1. The van der Waals surface area contributed by atoms with Crippen LogP contribution in [0.4, 0.5) is 0 Å². The molecule has 0 amide bonds. The van der Waals surface area contributed by atoms with Gasteiger partial charge < -0.3 is 14.8 Å². The number of esters is 1. The van der Waals surface area contributed by atoms with Crippen LogP contribution in [0.25, 0.3) is 0 Å². The fourth-order valence-corrected chi connectivity index (χ4v) is 0.842. The molecule has 0 aliphatic heterocycles. The molecule has 0 atom stereocenters. The van der Waals surface area contributed by atoms with Crippen LogP contribution in [0.3, 0.4) is 0 Å². The quantitative estimate of drug-likeness (QED) is 0.639. The van der Waals surface area contributed by atoms with Crippen molar-refractivity contribution >= 4 is 5.97 Å². The summed E-state index contributed by atoms with van der Waals surface area (Å²) < 4.78 is 4.62. The van der Waals surface area contributed by atoms with Gasteiger partial charge in [-0.2, -0.15) is 0 Å². The van der Waals surface area contributed by atoms with Gasteiger partial charge in [-0.25, -0.2) is 0 Å². The van der Waals surface area contributed by atoms with E-state index in [4.69, 9.17) is 5.11 Å². The number of aromatic hydroxyl groups is 1. The van der Waals surface area contributed by atoms with Crippen LogP contribution in [-0.2, 0) is 16.1 Å². The Hall–Kier alpha value is -1.78. The number of rotatable bonds is 2. The zero-order chi connectivity index (χ0) is 9.84. The van der Waals surface area contributed by atoms with Crippen molar-refractivity contribution in [1.29, 1.82) is 0 Å². The highest BCUT2D eigenvalue weighted by molar-refractivity contribution is 5.65. The van der Waals surface area contributed by atoms with E-state index in [-0.39, 0.29) is 12.4 Å². The second-order valence-corrected chi connectivity index (χ2v) is 2.51. The molecule has 1 aromatic rings. The highest BCUT2D eigenvalue weighted by Crippen LogP contribution is 2.05. The minimum Gasteiger partial charge on any atom is -0.508 e. The topological polar surface area (TPSA) is 79.4 Å². The zero-order valence-electron chi connectivity index (χ0n) is 7.03. The molecule has 0 fully saturated rings. The van der Waals surface area contributed by atoms with E-state index >= 15 is 0 Å². The molecule has 2 N–H and O–H groups in total. The predicted octanol–water partition coefficient (Wildman–Crippen LogP) is 0.144. The maximum Gasteiger partial charge on any atom is 0.303 e. The monoisotopic (exact) mass is 183 g/mol. The first-order chi connectivity index (χ1) is 6.08. The van der Waals surface area contributed by atoms with Crippen LogP contribution < -0.4 is 5.56 Å². The summed E-state index contributed by atoms with van der Waals surface area (Å²) in [4.78, 5) is 23.6. The summed E-state index contributed by atoms with van der Waals surface area (Å²) in [5.41, 5.74) is -0.0673. The second kappa shape index (κ2) is 3.75. The average molecular weight is 183 g/mol. The Balaban J connectivity index is 2.77. The van der Waals surface area contributed by atoms with Crippen LogP contribution in [0.5, 0.6) is 5.75 Å². The van der Waals surface area contributed by atoms with Gasteiger partial charge in [0.05, 0.1) is 5.69 Å². The molecule has 1 rings (SSSR count). The fourth-order valence-electron chi connectivity index (χ4n) is 0.842. The lowest BCUT2D eigenvalue weighted by Crippen LogP contribution is -2.09. The molecule has 0 radical (unpaired) electrons. The molecule has 0 saturated carbocycles. The largest absolute Gasteiger partial charge is 0.508 e. The normalized spacial score (nSPS) is 9.62. The molecule has 0 unspecified atom stereocenters. The van der Waals surface area contributed by atoms with Crippen molar-refractivity contribution < 1.29 is 14.6 Å². The first-order valence-electron chi connectivity index (χ1n) is 3.63. The SMILES string of the molecule is CC(=O)OCc1cc(O)cc(=O)[nH]1. The molecule has 0 aliphatic rings. The Morgan fingerprint density at radius 2 is 2.31 bits per heavy atom. The standard InChI is InChI=1S/C8H9NO4/c1-5(10)13-4-6-2-7(11)3-8(12)9-6/h2-3H,4H2,1H3,(H2,9,11,12). The molecule has 0 saturated heterocycles. The van der Waals surface area contributed by atoms with E-state index in [1.165, 1.54) is 13.0 Å². The number of hydrogen-bond acceptors (Lipinski definition) is 4. The van der Waals surface area contributed by atoms with E-state index in [1.807, 2.05) is 0 Å². The molecule has 13 heavy (non-hydrogen) atoms. The van der Waals surface area contributed by atoms with Crippen molar-refractivity contribution in [3.63, 3.8) is 0 Å². The van der Waals surface area contributed by atoms with E-state index in [2.05, 4.69) is 9.72 Å². The average Bonchev–Trinajstić information content (AvgIpc) is 1.99. The summed E-state index contributed by atoms with van der Waals surface area (Å²) in [6, 6.07) is 2.36. The number of carbonyl (C=O) groups excluding carboxylic acids is 1. The molecule has 5 nitrogen and oxygen atoms in total. The van der Waals surface area contributed by atoms with E-state index in [0.717, 1.165) is 6.07 Å². The lowest BCUT2D eigenvalue weighted by Gasteiger charge is -2.01. The predicted molar refractivity (Wildman–Crippen MR) is 44.2 cm³/mol. The van der Waals surface area contributed by atoms with Crippen LogP contribution in [0.1, 0.15) is 12.6 Å². The van der Waals surface area contributed by atoms with Gasteiger partial charge in [-0.05, 0) is 0 Å². The molecule has 0 aliphatic carbocycles. The summed E-state index contributed by atoms with van der Waals surface area (Å²) in [5.74, 6) is -0.588. The third-order valence-electron chi connectivity index (χ3n) is 1.32. The molecule has 1 heterocycles. The van der Waals surface area contributed by atoms with Crippen molar-refractivity contribution in [3.05, 3.63) is 28.2 Å². The van der Waals surface area contributed by atoms with E-state index in [0.29, 0.717) is 5.69 Å². The Morgan fingerprint density at radius 1 is 1.62 bits per heavy atom. The first-order valence-corrected chi connectivity index (χ1v) is 3.63. The fraction of sp³-hybridized carbons (Fsp3) is 0.250. The summed E-state index contributed by atoms with van der Waals surface area (Å²) in [6.07, 6.45) is 0. The first kappa shape index (κ1) is 9.31. The van der Waals surface area contributed by atoms with Crippen LogP contribution >= 0.6 is 0 Å². The van der Waals surface area contributed by atoms with Crippen molar-refractivity contribution in [2.75, 3.05) is 0 Å². The molecule has 70 valence electrons. The number of carbonyl (C=O) groups is 1. The molecule has 0 aromatic carbocycles. The van der Waals surface area contributed by atoms with Crippen molar-refractivity contribution in [1.82, 2.24) is 4.98 Å². The second-order valence-electron chi connectivity index (χ2n) is 2.51. The number of pyridine rings is 1. The van der Waals surface area contributed by atoms with Crippen molar-refractivity contribution in [2.24, 2.45) is 0 Å². The molecule has 0 bridgehead atoms. The van der Waals surface area contributed by atoms with E-state index in [1.54, 1.807) is 0 Å². The number of nitrogens with one attached hydrogen (secondary N) is 1. The Bertz CT molecular complexity index is 369. The summed E-state index contributed by atoms with van der Waals surface area (Å²) in [7, 11) is 0. The highest BCUT2D eigenvalue weighted by Gasteiger charge is 1.99. The van der Waals surface area contributed by atoms with Crippen molar-refractivity contribution in [3.8, 4) is 5.75 Å². The number of aromatic nitrogens is 1. The minimum absolute atomic E-state index is 0.0427. The number of ether oxygens (including phenoxy) is 1. The van der Waals surface area contributed by atoms with E-state index in [9.17, 15) is 9.59 Å². The number of H-pyrrole nitrogens is 1. The molecule has 0 spiro atoms. The van der Waals surface area contributed by atoms with Gasteiger partial charge in [-0.15, -0.1) is 0 Å². The Kier molecular flexibility index (Phi) is 2.69. The van der Waals surface area contributed by atoms with Gasteiger partial charge in [0.15, 0.2) is 0 Å². The maximum absolute atomic E-state index is 10.8. The highest BCUT2D eigenvalue weighted by atomic mass is 16.5. The van der Waals surface area contributed by atoms with Crippen molar-refractivity contribution in [2.45, 2.75) is 13.5 Å². The van der Waals surface area contributed by atoms with Gasteiger partial charge in [0.25, 0.3) is 5.56 Å². The zero-order valence-corrected chi connectivity index (χ0v) is 7.03. The third-order valence-corrected chi connectivity index (χ3v) is 1.32. The lowest BCUT2D eigenvalue weighted by molar-refractivity contribution is -0.142. The van der Waals surface area contributed by atoms with Gasteiger partial charge in [0.2, 0.25) is 0 Å². The number of hydrogen-bond donors (Lipinski definition) is 2. The Labute approximate surface area is 74.0 Å². The van der Waals surface area contributed by atoms with E-state index < -0.39 is 11.5 Å². The van der Waals surface area contributed by atoms with Gasteiger partial charge in [0, 0.05) is 19.1 Å². The molecular formula is C8H9NO4. The lowest BCUT2D eigenvalue weighted by atomic mass is 10.3. The molecule has 1 aromatic heterocycles. The third kappa shape index (κ3) is 2.98. The van der Waals surface area contributed by atoms with Gasteiger partial charge in [0.1, 0.15) is 12.4 Å². The van der Waals surface area contributed by atoms with Gasteiger partial charge in [-0.1, -0.05) is 0 Å². The van der Waals surface area contributed by atoms with Gasteiger partial charge in [-0.3, -0.25) is 9.59 Å². The van der Waals surface area contributed by atoms with Crippen LogP contribution in [0.15, 0.2) is 16.9 Å². The smallest absolute Gasteiger partial charge is 0.303 e. The Morgan fingerprint density at radius 3 is 2.85 bits per heavy atom. The van der Waals surface area contributed by atoms with Gasteiger partial charge >= 0.3 is 5.97 Å². The summed E-state index contributed by atoms with van der Waals surface area (Å²) >= 11 is 0. The van der Waals surface area contributed by atoms with Crippen LogP contribution in [-0.4, -0.2) is 16.1 Å². The summed E-state index contributed by atoms with van der Waals surface area (Å²) in [6.45, 7) is 1.22. The molecule has 5 heteroatoms.